The van der Waals surface area contributed by atoms with Gasteiger partial charge in [-0.15, -0.1) is 0 Å². The van der Waals surface area contributed by atoms with Crippen molar-refractivity contribution in [3.63, 3.8) is 0 Å². The Balaban J connectivity index is 1.52. The van der Waals surface area contributed by atoms with Crippen LogP contribution in [0.4, 0.5) is 0 Å². The lowest BCUT2D eigenvalue weighted by atomic mass is 10.1. The number of hydrogen-bond acceptors (Lipinski definition) is 3. The molecule has 32 heavy (non-hydrogen) atoms. The molecule has 0 radical (unpaired) electrons. The smallest absolute Gasteiger partial charge is 0.252 e. The fourth-order valence-electron chi connectivity index (χ4n) is 3.90. The maximum atomic E-state index is 12.9. The van der Waals surface area contributed by atoms with Crippen molar-refractivity contribution in [2.75, 3.05) is 6.61 Å². The zero-order valence-electron chi connectivity index (χ0n) is 18.8. The van der Waals surface area contributed by atoms with Crippen LogP contribution in [0.25, 0.3) is 11.0 Å². The number of carbonyl (C=O) groups is 1. The Kier molecular flexibility index (Phi) is 6.55. The number of imidazole rings is 1. The fourth-order valence-corrected chi connectivity index (χ4v) is 3.90. The third-order valence-corrected chi connectivity index (χ3v) is 5.72. The minimum absolute atomic E-state index is 0.0959. The van der Waals surface area contributed by atoms with Crippen molar-refractivity contribution in [1.82, 2.24) is 14.9 Å². The Morgan fingerprint density at radius 1 is 1.03 bits per heavy atom. The van der Waals surface area contributed by atoms with Crippen LogP contribution in [-0.2, 0) is 13.0 Å². The third-order valence-electron chi connectivity index (χ3n) is 5.72. The average Bonchev–Trinajstić information content (AvgIpc) is 3.18. The molecule has 0 saturated heterocycles. The summed E-state index contributed by atoms with van der Waals surface area (Å²) in [6.07, 6.45) is 1.01. The average molecular weight is 428 g/mol. The summed E-state index contributed by atoms with van der Waals surface area (Å²) in [4.78, 5) is 17.7. The van der Waals surface area contributed by atoms with Gasteiger partial charge in [-0.1, -0.05) is 49.4 Å². The first kappa shape index (κ1) is 21.6. The van der Waals surface area contributed by atoms with Gasteiger partial charge in [0.05, 0.1) is 23.6 Å². The van der Waals surface area contributed by atoms with Crippen LogP contribution in [0.5, 0.6) is 5.75 Å². The number of hydrogen-bond donors (Lipinski definition) is 1. The van der Waals surface area contributed by atoms with E-state index in [1.165, 1.54) is 5.56 Å². The minimum Gasteiger partial charge on any atom is -0.492 e. The summed E-state index contributed by atoms with van der Waals surface area (Å²) in [5, 5.41) is 3.11. The molecule has 0 fully saturated rings. The van der Waals surface area contributed by atoms with E-state index in [1.54, 1.807) is 0 Å². The lowest BCUT2D eigenvalue weighted by Gasteiger charge is -2.17. The van der Waals surface area contributed by atoms with Crippen molar-refractivity contribution in [2.24, 2.45) is 0 Å². The molecule has 0 aliphatic heterocycles. The van der Waals surface area contributed by atoms with E-state index in [2.05, 4.69) is 35.0 Å². The molecule has 1 atom stereocenters. The molecule has 4 rings (SSSR count). The summed E-state index contributed by atoms with van der Waals surface area (Å²) in [6, 6.07) is 23.6. The van der Waals surface area contributed by atoms with Gasteiger partial charge in [0.15, 0.2) is 0 Å². The maximum absolute atomic E-state index is 12.9. The number of carbonyl (C=O) groups excluding carboxylic acids is 1. The first-order chi connectivity index (χ1) is 15.6. The number of nitrogens with one attached hydrogen (secondary N) is 1. The summed E-state index contributed by atoms with van der Waals surface area (Å²) < 4.78 is 8.13. The Bertz CT molecular complexity index is 1210. The number of rotatable bonds is 8. The van der Waals surface area contributed by atoms with Gasteiger partial charge in [0.2, 0.25) is 0 Å². The van der Waals surface area contributed by atoms with E-state index in [0.29, 0.717) is 18.7 Å². The highest BCUT2D eigenvalue weighted by molar-refractivity contribution is 5.95. The molecule has 4 aromatic rings. The number of ether oxygens (including phenoxy) is 1. The second kappa shape index (κ2) is 9.69. The quantitative estimate of drug-likeness (QED) is 0.405. The van der Waals surface area contributed by atoms with E-state index in [0.717, 1.165) is 34.6 Å². The Morgan fingerprint density at radius 2 is 1.75 bits per heavy atom. The molecule has 5 nitrogen and oxygen atoms in total. The lowest BCUT2D eigenvalue weighted by molar-refractivity contribution is 0.0937. The summed E-state index contributed by atoms with van der Waals surface area (Å²) in [5.74, 6) is 1.58. The van der Waals surface area contributed by atoms with Gasteiger partial charge in [0.25, 0.3) is 5.91 Å². The standard InChI is InChI=1S/C27H29N3O2/c1-4-21-13-15-22(16-14-21)32-18-17-30-25-12-8-7-11-24(25)29-26(30)20(3)28-27(31)23-10-6-5-9-19(23)2/h5-16,20H,4,17-18H2,1-3H3,(H,28,31). The first-order valence-electron chi connectivity index (χ1n) is 11.1. The van der Waals surface area contributed by atoms with Crippen LogP contribution >= 0.6 is 0 Å². The molecule has 1 heterocycles. The van der Waals surface area contributed by atoms with Gasteiger partial charge < -0.3 is 14.6 Å². The number of benzene rings is 3. The van der Waals surface area contributed by atoms with Gasteiger partial charge in [-0.05, 0) is 61.7 Å². The van der Waals surface area contributed by atoms with Gasteiger partial charge in [-0.3, -0.25) is 4.79 Å². The van der Waals surface area contributed by atoms with Crippen LogP contribution in [0.2, 0.25) is 0 Å². The van der Waals surface area contributed by atoms with Crippen molar-refractivity contribution in [2.45, 2.75) is 39.8 Å². The van der Waals surface area contributed by atoms with Gasteiger partial charge in [-0.2, -0.15) is 0 Å². The van der Waals surface area contributed by atoms with Crippen molar-refractivity contribution in [1.29, 1.82) is 0 Å². The number of fused-ring (bicyclic) bond motifs is 1. The molecule has 1 N–H and O–H groups in total. The van der Waals surface area contributed by atoms with Gasteiger partial charge in [0.1, 0.15) is 18.2 Å². The number of nitrogens with zero attached hydrogens (tertiary/aromatic N) is 2. The number of aromatic nitrogens is 2. The van der Waals surface area contributed by atoms with Gasteiger partial charge in [0, 0.05) is 5.56 Å². The molecule has 0 bridgehead atoms. The normalized spacial score (nSPS) is 12.0. The molecule has 3 aromatic carbocycles. The lowest BCUT2D eigenvalue weighted by Crippen LogP contribution is -2.29. The molecule has 1 aromatic heterocycles. The molecule has 0 spiro atoms. The first-order valence-corrected chi connectivity index (χ1v) is 11.1. The molecule has 0 saturated carbocycles. The van der Waals surface area contributed by atoms with E-state index in [4.69, 9.17) is 9.72 Å². The summed E-state index contributed by atoms with van der Waals surface area (Å²) in [7, 11) is 0. The van der Waals surface area contributed by atoms with E-state index in [9.17, 15) is 4.79 Å². The Hall–Kier alpha value is -3.60. The number of aryl methyl sites for hydroxylation is 2. The molecular weight excluding hydrogens is 398 g/mol. The largest absolute Gasteiger partial charge is 0.492 e. The van der Waals surface area contributed by atoms with E-state index >= 15 is 0 Å². The predicted molar refractivity (Wildman–Crippen MR) is 128 cm³/mol. The van der Waals surface area contributed by atoms with Crippen molar-refractivity contribution < 1.29 is 9.53 Å². The number of para-hydroxylation sites is 2. The zero-order valence-corrected chi connectivity index (χ0v) is 18.8. The highest BCUT2D eigenvalue weighted by Crippen LogP contribution is 2.22. The van der Waals surface area contributed by atoms with Gasteiger partial charge >= 0.3 is 0 Å². The Labute approximate surface area is 189 Å². The van der Waals surface area contributed by atoms with Crippen LogP contribution in [-0.4, -0.2) is 22.1 Å². The summed E-state index contributed by atoms with van der Waals surface area (Å²) >= 11 is 0. The van der Waals surface area contributed by atoms with E-state index < -0.39 is 0 Å². The maximum Gasteiger partial charge on any atom is 0.252 e. The van der Waals surface area contributed by atoms with Crippen molar-refractivity contribution in [3.8, 4) is 5.75 Å². The van der Waals surface area contributed by atoms with Crippen LogP contribution in [0.3, 0.4) is 0 Å². The molecule has 1 amide bonds. The van der Waals surface area contributed by atoms with Crippen molar-refractivity contribution in [3.05, 3.63) is 95.3 Å². The zero-order chi connectivity index (χ0) is 22.5. The third kappa shape index (κ3) is 4.67. The van der Waals surface area contributed by atoms with Crippen LogP contribution in [0.15, 0.2) is 72.8 Å². The molecule has 1 unspecified atom stereocenters. The topological polar surface area (TPSA) is 56.1 Å². The Morgan fingerprint density at radius 3 is 2.50 bits per heavy atom. The molecule has 5 heteroatoms. The van der Waals surface area contributed by atoms with E-state index in [1.807, 2.05) is 68.4 Å². The second-order valence-electron chi connectivity index (χ2n) is 7.97. The molecular formula is C27H29N3O2. The highest BCUT2D eigenvalue weighted by Gasteiger charge is 2.19. The highest BCUT2D eigenvalue weighted by atomic mass is 16.5. The fraction of sp³-hybridized carbons (Fsp3) is 0.259. The van der Waals surface area contributed by atoms with Crippen molar-refractivity contribution >= 4 is 16.9 Å². The van der Waals surface area contributed by atoms with Crippen LogP contribution < -0.4 is 10.1 Å². The van der Waals surface area contributed by atoms with Crippen LogP contribution in [0, 0.1) is 6.92 Å². The predicted octanol–water partition coefficient (Wildman–Crippen LogP) is 5.48. The minimum atomic E-state index is -0.252. The second-order valence-corrected chi connectivity index (χ2v) is 7.97. The number of amides is 1. The summed E-state index contributed by atoms with van der Waals surface area (Å²) in [5.41, 5.74) is 4.86. The summed E-state index contributed by atoms with van der Waals surface area (Å²) in [6.45, 7) is 7.20. The van der Waals surface area contributed by atoms with Gasteiger partial charge in [-0.25, -0.2) is 4.98 Å². The van der Waals surface area contributed by atoms with E-state index in [-0.39, 0.29) is 11.9 Å². The SMILES string of the molecule is CCc1ccc(OCCn2c(C(C)NC(=O)c3ccccc3C)nc3ccccc32)cc1. The molecule has 0 aliphatic rings. The molecule has 0 aliphatic carbocycles. The van der Waals surface area contributed by atoms with Crippen LogP contribution in [0.1, 0.15) is 47.2 Å². The molecule has 164 valence electrons. The monoisotopic (exact) mass is 427 g/mol.